The second-order valence-corrected chi connectivity index (χ2v) is 9.76. The Labute approximate surface area is 147 Å². The predicted octanol–water partition coefficient (Wildman–Crippen LogP) is 4.03. The highest BCUT2D eigenvalue weighted by atomic mass is 35.5. The monoisotopic (exact) mass is 384 g/mol. The van der Waals surface area contributed by atoms with Gasteiger partial charge in [-0.1, -0.05) is 11.6 Å². The van der Waals surface area contributed by atoms with Gasteiger partial charge in [0.05, 0.1) is 4.34 Å². The van der Waals surface area contributed by atoms with Crippen molar-refractivity contribution < 1.29 is 12.8 Å². The smallest absolute Gasteiger partial charge is 0.250 e. The first-order valence-corrected chi connectivity index (χ1v) is 10.1. The molecule has 8 heteroatoms. The minimum absolute atomic E-state index is 0.212. The number of aromatic amines is 1. The summed E-state index contributed by atoms with van der Waals surface area (Å²) >= 11 is 6.85. The number of aromatic nitrogens is 1. The van der Waals surface area contributed by atoms with Gasteiger partial charge in [-0.3, -0.25) is 0 Å². The van der Waals surface area contributed by atoms with Crippen molar-refractivity contribution in [2.75, 3.05) is 6.54 Å². The molecule has 0 atom stereocenters. The highest BCUT2D eigenvalue weighted by molar-refractivity contribution is 7.91. The summed E-state index contributed by atoms with van der Waals surface area (Å²) in [4.78, 5) is 3.07. The van der Waals surface area contributed by atoms with Crippen LogP contribution in [0.5, 0.6) is 0 Å². The molecule has 0 unspecified atom stereocenters. The summed E-state index contributed by atoms with van der Waals surface area (Å²) in [6.07, 6.45) is 3.64. The molecule has 1 aliphatic carbocycles. The summed E-state index contributed by atoms with van der Waals surface area (Å²) in [5, 5.41) is 0.937. The highest BCUT2D eigenvalue weighted by Gasteiger charge is 2.46. The van der Waals surface area contributed by atoms with E-state index in [0.717, 1.165) is 40.6 Å². The molecule has 0 aliphatic heterocycles. The minimum atomic E-state index is -3.57. The van der Waals surface area contributed by atoms with Crippen LogP contribution in [0.2, 0.25) is 4.34 Å². The normalized spacial score (nSPS) is 16.6. The highest BCUT2D eigenvalue weighted by Crippen LogP contribution is 2.50. The zero-order chi connectivity index (χ0) is 16.9. The first kappa shape index (κ1) is 16.1. The molecule has 126 valence electrons. The van der Waals surface area contributed by atoms with E-state index in [1.807, 2.05) is 6.20 Å². The summed E-state index contributed by atoms with van der Waals surface area (Å²) in [5.74, 6) is -0.295. The number of sulfonamides is 1. The second-order valence-electron chi connectivity index (χ2n) is 6.06. The zero-order valence-corrected chi connectivity index (χ0v) is 14.9. The Morgan fingerprint density at radius 1 is 1.29 bits per heavy atom. The Morgan fingerprint density at radius 2 is 2.08 bits per heavy atom. The maximum absolute atomic E-state index is 13.3. The largest absolute Gasteiger partial charge is 0.361 e. The van der Waals surface area contributed by atoms with Gasteiger partial charge in [-0.15, -0.1) is 11.3 Å². The van der Waals surface area contributed by atoms with E-state index >= 15 is 0 Å². The summed E-state index contributed by atoms with van der Waals surface area (Å²) in [6.45, 7) is 0.315. The van der Waals surface area contributed by atoms with E-state index in [1.54, 1.807) is 12.1 Å². The van der Waals surface area contributed by atoms with Crippen molar-refractivity contribution >= 4 is 43.9 Å². The molecular formula is C16H14ClFN2O2S2. The molecule has 0 radical (unpaired) electrons. The van der Waals surface area contributed by atoms with Gasteiger partial charge in [0.15, 0.2) is 0 Å². The van der Waals surface area contributed by atoms with Crippen molar-refractivity contribution in [2.24, 2.45) is 0 Å². The fourth-order valence-corrected chi connectivity index (χ4v) is 5.63. The number of hydrogen-bond donors (Lipinski definition) is 2. The van der Waals surface area contributed by atoms with Crippen molar-refractivity contribution in [3.63, 3.8) is 0 Å². The molecule has 4 rings (SSSR count). The van der Waals surface area contributed by atoms with E-state index in [0.29, 0.717) is 10.9 Å². The van der Waals surface area contributed by atoms with Crippen LogP contribution in [-0.2, 0) is 15.4 Å². The topological polar surface area (TPSA) is 62.0 Å². The average molecular weight is 385 g/mol. The van der Waals surface area contributed by atoms with Crippen LogP contribution < -0.4 is 4.72 Å². The molecular weight excluding hydrogens is 371 g/mol. The fourth-order valence-electron chi connectivity index (χ4n) is 2.98. The van der Waals surface area contributed by atoms with E-state index in [1.165, 1.54) is 18.2 Å². The van der Waals surface area contributed by atoms with Gasteiger partial charge in [-0.05, 0) is 48.7 Å². The number of rotatable bonds is 5. The lowest BCUT2D eigenvalue weighted by Gasteiger charge is -2.15. The van der Waals surface area contributed by atoms with Crippen molar-refractivity contribution in [3.05, 3.63) is 52.2 Å². The third-order valence-corrected chi connectivity index (χ3v) is 7.61. The van der Waals surface area contributed by atoms with E-state index < -0.39 is 10.0 Å². The Bertz CT molecular complexity index is 1020. The number of H-pyrrole nitrogens is 1. The van der Waals surface area contributed by atoms with Crippen molar-refractivity contribution in [1.29, 1.82) is 0 Å². The van der Waals surface area contributed by atoms with Gasteiger partial charge in [-0.2, -0.15) is 0 Å². The average Bonchev–Trinajstić information content (AvgIpc) is 2.98. The third-order valence-electron chi connectivity index (χ3n) is 4.48. The summed E-state index contributed by atoms with van der Waals surface area (Å²) in [5.41, 5.74) is 1.53. The molecule has 1 saturated carbocycles. The van der Waals surface area contributed by atoms with Gasteiger partial charge in [-0.25, -0.2) is 17.5 Å². The third kappa shape index (κ3) is 2.75. The molecule has 0 saturated heterocycles. The van der Waals surface area contributed by atoms with Gasteiger partial charge in [0.25, 0.3) is 0 Å². The molecule has 24 heavy (non-hydrogen) atoms. The molecule has 0 bridgehead atoms. The number of nitrogens with one attached hydrogen (secondary N) is 2. The Hall–Kier alpha value is -1.41. The number of halogens is 2. The van der Waals surface area contributed by atoms with Crippen LogP contribution in [0.1, 0.15) is 18.4 Å². The standard InChI is InChI=1S/C16H14ClFN2O2S2/c17-14-3-4-15(23-14)24(21,22)20-9-16(5-6-16)12-8-19-13-7-10(18)1-2-11(12)13/h1-4,7-8,19-20H,5-6,9H2. The van der Waals surface area contributed by atoms with Gasteiger partial charge < -0.3 is 4.98 Å². The predicted molar refractivity (Wildman–Crippen MR) is 93.7 cm³/mol. The maximum atomic E-state index is 13.3. The van der Waals surface area contributed by atoms with Gasteiger partial charge in [0, 0.05) is 29.1 Å². The van der Waals surface area contributed by atoms with Crippen LogP contribution in [0.4, 0.5) is 4.39 Å². The first-order chi connectivity index (χ1) is 11.4. The number of fused-ring (bicyclic) bond motifs is 1. The first-order valence-electron chi connectivity index (χ1n) is 7.42. The van der Waals surface area contributed by atoms with Crippen LogP contribution in [0.15, 0.2) is 40.7 Å². The second kappa shape index (κ2) is 5.56. The number of benzene rings is 1. The summed E-state index contributed by atoms with van der Waals surface area (Å²) in [7, 11) is -3.57. The van der Waals surface area contributed by atoms with Gasteiger partial charge in [0.1, 0.15) is 10.0 Å². The van der Waals surface area contributed by atoms with Crippen LogP contribution in [-0.4, -0.2) is 19.9 Å². The van der Waals surface area contributed by atoms with E-state index in [9.17, 15) is 12.8 Å². The SMILES string of the molecule is O=S(=O)(NCC1(c2c[nH]c3cc(F)ccc23)CC1)c1ccc(Cl)s1. The molecule has 1 aliphatic rings. The van der Waals surface area contributed by atoms with Gasteiger partial charge in [0.2, 0.25) is 10.0 Å². The lowest BCUT2D eigenvalue weighted by atomic mass is 9.96. The van der Waals surface area contributed by atoms with Crippen molar-refractivity contribution in [3.8, 4) is 0 Å². The lowest BCUT2D eigenvalue weighted by molar-refractivity contribution is 0.569. The molecule has 0 spiro atoms. The van der Waals surface area contributed by atoms with Crippen molar-refractivity contribution in [1.82, 2.24) is 9.71 Å². The molecule has 1 fully saturated rings. The van der Waals surface area contributed by atoms with E-state index in [4.69, 9.17) is 11.6 Å². The Kier molecular flexibility index (Phi) is 3.72. The zero-order valence-electron chi connectivity index (χ0n) is 12.5. The number of thiophene rings is 1. The van der Waals surface area contributed by atoms with Crippen molar-refractivity contribution in [2.45, 2.75) is 22.5 Å². The number of hydrogen-bond acceptors (Lipinski definition) is 3. The maximum Gasteiger partial charge on any atom is 0.250 e. The summed E-state index contributed by atoms with van der Waals surface area (Å²) < 4.78 is 41.4. The quantitative estimate of drug-likeness (QED) is 0.697. The molecule has 2 aromatic heterocycles. The molecule has 2 N–H and O–H groups in total. The molecule has 4 nitrogen and oxygen atoms in total. The van der Waals surface area contributed by atoms with Crippen LogP contribution in [0, 0.1) is 5.82 Å². The molecule has 2 heterocycles. The molecule has 0 amide bonds. The van der Waals surface area contributed by atoms with E-state index in [2.05, 4.69) is 9.71 Å². The molecule has 3 aromatic rings. The van der Waals surface area contributed by atoms with Crippen LogP contribution >= 0.6 is 22.9 Å². The van der Waals surface area contributed by atoms with E-state index in [-0.39, 0.29) is 15.4 Å². The van der Waals surface area contributed by atoms with Crippen LogP contribution in [0.3, 0.4) is 0 Å². The van der Waals surface area contributed by atoms with Crippen LogP contribution in [0.25, 0.3) is 10.9 Å². The molecule has 1 aromatic carbocycles. The Balaban J connectivity index is 1.60. The minimum Gasteiger partial charge on any atom is -0.361 e. The lowest BCUT2D eigenvalue weighted by Crippen LogP contribution is -2.31. The Morgan fingerprint density at radius 3 is 2.75 bits per heavy atom. The summed E-state index contributed by atoms with van der Waals surface area (Å²) in [6, 6.07) is 7.69. The fraction of sp³-hybridized carbons (Fsp3) is 0.250. The van der Waals surface area contributed by atoms with Gasteiger partial charge >= 0.3 is 0 Å².